The number of hydrogen-bond acceptors (Lipinski definition) is 5. The van der Waals surface area contributed by atoms with Crippen molar-refractivity contribution in [1.82, 2.24) is 14.5 Å². The molecule has 0 saturated carbocycles. The molecule has 2 aromatic rings. The van der Waals surface area contributed by atoms with Gasteiger partial charge in [0, 0.05) is 26.1 Å². The third-order valence-corrected chi connectivity index (χ3v) is 7.54. The zero-order chi connectivity index (χ0) is 23.4. The van der Waals surface area contributed by atoms with Crippen molar-refractivity contribution in [2.75, 3.05) is 26.2 Å². The van der Waals surface area contributed by atoms with E-state index in [1.54, 1.807) is 43.5 Å². The van der Waals surface area contributed by atoms with Crippen molar-refractivity contribution >= 4 is 21.8 Å². The van der Waals surface area contributed by atoms with Crippen LogP contribution in [-0.4, -0.2) is 61.2 Å². The van der Waals surface area contributed by atoms with Crippen LogP contribution >= 0.6 is 0 Å². The number of carbonyl (C=O) groups excluding carboxylic acids is 2. The Balaban J connectivity index is 1.87. The van der Waals surface area contributed by atoms with Crippen molar-refractivity contribution < 1.29 is 22.4 Å². The van der Waals surface area contributed by atoms with Gasteiger partial charge in [0.05, 0.1) is 17.7 Å². The summed E-state index contributed by atoms with van der Waals surface area (Å²) in [7, 11) is -3.93. The third kappa shape index (κ3) is 5.21. The molecule has 1 fully saturated rings. The molecule has 174 valence electrons. The summed E-state index contributed by atoms with van der Waals surface area (Å²) >= 11 is 0. The van der Waals surface area contributed by atoms with E-state index in [0.29, 0.717) is 24.6 Å². The number of amides is 2. The summed E-state index contributed by atoms with van der Waals surface area (Å²) in [6.45, 7) is 6.01. The fourth-order valence-electron chi connectivity index (χ4n) is 3.82. The van der Waals surface area contributed by atoms with Gasteiger partial charge < -0.3 is 14.6 Å². The first-order valence-corrected chi connectivity index (χ1v) is 12.2. The number of nitrogens with zero attached hydrogens (tertiary/aromatic N) is 2. The molecule has 0 aliphatic carbocycles. The third-order valence-electron chi connectivity index (χ3n) is 5.73. The molecule has 2 heterocycles. The first-order valence-electron chi connectivity index (χ1n) is 10.8. The molecular formula is C23H31N3O5S. The molecule has 0 radical (unpaired) electrons. The Kier molecular flexibility index (Phi) is 7.40. The van der Waals surface area contributed by atoms with E-state index < -0.39 is 21.5 Å². The van der Waals surface area contributed by atoms with Crippen LogP contribution in [0.2, 0.25) is 0 Å². The first kappa shape index (κ1) is 24.0. The highest BCUT2D eigenvalue weighted by atomic mass is 32.2. The van der Waals surface area contributed by atoms with Crippen LogP contribution in [0, 0.1) is 5.92 Å². The summed E-state index contributed by atoms with van der Waals surface area (Å²) in [5.41, 5.74) is -1.35. The van der Waals surface area contributed by atoms with Gasteiger partial charge in [0.15, 0.2) is 0 Å². The molecule has 1 aliphatic rings. The molecule has 3 rings (SSSR count). The van der Waals surface area contributed by atoms with E-state index in [-0.39, 0.29) is 30.4 Å². The Hall–Kier alpha value is -2.65. The molecule has 0 unspecified atom stereocenters. The molecule has 2 amide bonds. The molecular weight excluding hydrogens is 430 g/mol. The van der Waals surface area contributed by atoms with E-state index in [1.807, 2.05) is 0 Å². The highest BCUT2D eigenvalue weighted by Gasteiger charge is 2.50. The second-order valence-corrected chi connectivity index (χ2v) is 10.6. The summed E-state index contributed by atoms with van der Waals surface area (Å²) in [5, 5.41) is 2.90. The SMILES string of the molecule is CC(C)CCNC(=O)[C@]1(C)CN(S(=O)(=O)c2ccccc2)CC(=O)N1CCc1ccco1. The number of carbonyl (C=O) groups is 2. The number of benzene rings is 1. The first-order chi connectivity index (χ1) is 15.1. The molecule has 1 aromatic carbocycles. The predicted octanol–water partition coefficient (Wildman–Crippen LogP) is 2.28. The second kappa shape index (κ2) is 9.87. The number of hydrogen-bond donors (Lipinski definition) is 1. The smallest absolute Gasteiger partial charge is 0.247 e. The van der Waals surface area contributed by atoms with Gasteiger partial charge in [0.1, 0.15) is 11.3 Å². The van der Waals surface area contributed by atoms with Crippen molar-refractivity contribution in [3.63, 3.8) is 0 Å². The summed E-state index contributed by atoms with van der Waals surface area (Å²) in [6, 6.07) is 11.5. The van der Waals surface area contributed by atoms with E-state index in [0.717, 1.165) is 10.7 Å². The van der Waals surface area contributed by atoms with Gasteiger partial charge in [-0.1, -0.05) is 32.0 Å². The molecule has 8 nitrogen and oxygen atoms in total. The van der Waals surface area contributed by atoms with Crippen molar-refractivity contribution in [3.8, 4) is 0 Å². The Morgan fingerprint density at radius 2 is 1.91 bits per heavy atom. The van der Waals surface area contributed by atoms with E-state index in [2.05, 4.69) is 19.2 Å². The molecule has 1 aromatic heterocycles. The molecule has 0 bridgehead atoms. The molecule has 1 saturated heterocycles. The van der Waals surface area contributed by atoms with Crippen molar-refractivity contribution in [2.24, 2.45) is 5.92 Å². The van der Waals surface area contributed by atoms with Gasteiger partial charge in [-0.2, -0.15) is 4.31 Å². The van der Waals surface area contributed by atoms with Crippen molar-refractivity contribution in [3.05, 3.63) is 54.5 Å². The minimum Gasteiger partial charge on any atom is -0.469 e. The van der Waals surface area contributed by atoms with Gasteiger partial charge in [-0.25, -0.2) is 8.42 Å². The predicted molar refractivity (Wildman–Crippen MR) is 120 cm³/mol. The van der Waals surface area contributed by atoms with Crippen LogP contribution in [0.1, 0.15) is 33.0 Å². The monoisotopic (exact) mass is 461 g/mol. The van der Waals surface area contributed by atoms with Crippen LogP contribution in [0.4, 0.5) is 0 Å². The minimum atomic E-state index is -3.93. The number of furan rings is 1. The summed E-state index contributed by atoms with van der Waals surface area (Å²) in [4.78, 5) is 28.0. The zero-order valence-electron chi connectivity index (χ0n) is 18.8. The largest absolute Gasteiger partial charge is 0.469 e. The van der Waals surface area contributed by atoms with Crippen LogP contribution in [0.3, 0.4) is 0 Å². The van der Waals surface area contributed by atoms with E-state index in [1.165, 1.54) is 17.0 Å². The number of piperazine rings is 1. The molecule has 1 aliphatic heterocycles. The number of nitrogens with one attached hydrogen (secondary N) is 1. The van der Waals surface area contributed by atoms with Gasteiger partial charge in [-0.3, -0.25) is 9.59 Å². The fourth-order valence-corrected chi connectivity index (χ4v) is 5.32. The second-order valence-electron chi connectivity index (χ2n) is 8.67. The van der Waals surface area contributed by atoms with Gasteiger partial charge in [0.25, 0.3) is 0 Å². The molecule has 1 atom stereocenters. The number of sulfonamides is 1. The van der Waals surface area contributed by atoms with Crippen LogP contribution < -0.4 is 5.32 Å². The highest BCUT2D eigenvalue weighted by molar-refractivity contribution is 7.89. The average Bonchev–Trinajstić information content (AvgIpc) is 3.27. The van der Waals surface area contributed by atoms with Gasteiger partial charge in [0.2, 0.25) is 21.8 Å². The van der Waals surface area contributed by atoms with E-state index in [9.17, 15) is 18.0 Å². The summed E-state index contributed by atoms with van der Waals surface area (Å²) in [6.07, 6.45) is 2.77. The Morgan fingerprint density at radius 3 is 2.53 bits per heavy atom. The Labute approximate surface area is 189 Å². The summed E-state index contributed by atoms with van der Waals surface area (Å²) in [5.74, 6) is 0.323. The van der Waals surface area contributed by atoms with Crippen molar-refractivity contribution in [2.45, 2.75) is 44.0 Å². The van der Waals surface area contributed by atoms with E-state index >= 15 is 0 Å². The van der Waals surface area contributed by atoms with Crippen LogP contribution in [0.25, 0.3) is 0 Å². The lowest BCUT2D eigenvalue weighted by Gasteiger charge is -2.46. The molecule has 1 N–H and O–H groups in total. The van der Waals surface area contributed by atoms with Gasteiger partial charge >= 0.3 is 0 Å². The lowest BCUT2D eigenvalue weighted by atomic mass is 9.95. The molecule has 32 heavy (non-hydrogen) atoms. The highest BCUT2D eigenvalue weighted by Crippen LogP contribution is 2.28. The minimum absolute atomic E-state index is 0.0967. The van der Waals surface area contributed by atoms with Crippen LogP contribution in [-0.2, 0) is 26.0 Å². The lowest BCUT2D eigenvalue weighted by Crippen LogP contribution is -2.70. The van der Waals surface area contributed by atoms with E-state index in [4.69, 9.17) is 4.42 Å². The Bertz CT molecular complexity index is 1020. The van der Waals surface area contributed by atoms with Crippen LogP contribution in [0.15, 0.2) is 58.0 Å². The topological polar surface area (TPSA) is 99.9 Å². The van der Waals surface area contributed by atoms with Gasteiger partial charge in [-0.15, -0.1) is 0 Å². The summed E-state index contributed by atoms with van der Waals surface area (Å²) < 4.78 is 32.9. The molecule has 0 spiro atoms. The fraction of sp³-hybridized carbons (Fsp3) is 0.478. The average molecular weight is 462 g/mol. The maximum Gasteiger partial charge on any atom is 0.247 e. The number of rotatable bonds is 9. The maximum absolute atomic E-state index is 13.3. The van der Waals surface area contributed by atoms with Crippen molar-refractivity contribution in [1.29, 1.82) is 0 Å². The zero-order valence-corrected chi connectivity index (χ0v) is 19.6. The normalized spacial score (nSPS) is 20.0. The molecule has 9 heteroatoms. The van der Waals surface area contributed by atoms with Crippen LogP contribution in [0.5, 0.6) is 0 Å². The Morgan fingerprint density at radius 1 is 1.19 bits per heavy atom. The quantitative estimate of drug-likeness (QED) is 0.618. The standard InChI is InChI=1S/C23H31N3O5S/c1-18(2)11-13-24-22(28)23(3)17-25(32(29,30)20-9-5-4-6-10-20)16-21(27)26(23)14-12-19-8-7-15-31-19/h4-10,15,18H,11-14,16-17H2,1-3H3,(H,24,28)/t23-/m0/s1. The van der Waals surface area contributed by atoms with Gasteiger partial charge in [-0.05, 0) is 43.5 Å². The maximum atomic E-state index is 13.3. The lowest BCUT2D eigenvalue weighted by molar-refractivity contribution is -0.152.